The van der Waals surface area contributed by atoms with Gasteiger partial charge in [0, 0.05) is 0 Å². The summed E-state index contributed by atoms with van der Waals surface area (Å²) in [6, 6.07) is 1.31. The maximum absolute atomic E-state index is 11.8. The molecule has 0 radical (unpaired) electrons. The molecule has 0 aromatic carbocycles. The second-order valence-corrected chi connectivity index (χ2v) is 4.53. The van der Waals surface area contributed by atoms with Crippen molar-refractivity contribution in [1.82, 2.24) is 0 Å². The molecule has 1 fully saturated rings. The van der Waals surface area contributed by atoms with E-state index in [1.165, 1.54) is 12.7 Å². The Balaban J connectivity index is 2.11. The van der Waals surface area contributed by atoms with Gasteiger partial charge >= 0.3 is 0 Å². The van der Waals surface area contributed by atoms with Gasteiger partial charge in [-0.3, -0.25) is 4.79 Å². The number of hydrogen-bond donors (Lipinski definition) is 1. The highest BCUT2D eigenvalue weighted by molar-refractivity contribution is 9.10. The highest BCUT2D eigenvalue weighted by atomic mass is 79.9. The lowest BCUT2D eigenvalue weighted by Crippen LogP contribution is -2.41. The molecule has 0 spiro atoms. The summed E-state index contributed by atoms with van der Waals surface area (Å²) in [5.74, 6) is 0.607. The van der Waals surface area contributed by atoms with E-state index in [0.717, 1.165) is 12.8 Å². The molecule has 1 aliphatic carbocycles. The predicted molar refractivity (Wildman–Crippen MR) is 56.1 cm³/mol. The van der Waals surface area contributed by atoms with E-state index in [9.17, 15) is 4.79 Å². The monoisotopic (exact) mass is 257 g/mol. The fraction of sp³-hybridized carbons (Fsp3) is 0.500. The van der Waals surface area contributed by atoms with Crippen molar-refractivity contribution in [3.05, 3.63) is 22.6 Å². The van der Waals surface area contributed by atoms with Crippen molar-refractivity contribution in [3.63, 3.8) is 0 Å². The summed E-state index contributed by atoms with van der Waals surface area (Å²) in [4.78, 5) is 11.8. The van der Waals surface area contributed by atoms with Gasteiger partial charge in [0.15, 0.2) is 5.76 Å². The number of ketones is 1. The molecule has 1 atom stereocenters. The first-order valence-corrected chi connectivity index (χ1v) is 5.52. The summed E-state index contributed by atoms with van der Waals surface area (Å²) < 4.78 is 5.78. The van der Waals surface area contributed by atoms with E-state index in [0.29, 0.717) is 16.2 Å². The Kier molecular flexibility index (Phi) is 2.74. The Labute approximate surface area is 90.8 Å². The average Bonchev–Trinajstić information content (AvgIpc) is 2.47. The molecule has 76 valence electrons. The van der Waals surface area contributed by atoms with Crippen molar-refractivity contribution in [2.45, 2.75) is 25.3 Å². The standard InChI is InChI=1S/C10H12BrNO2/c11-7-4-5-14-10(7)9(13)8(12)6-2-1-3-6/h4-6,8H,1-3,12H2. The van der Waals surface area contributed by atoms with E-state index >= 15 is 0 Å². The lowest BCUT2D eigenvalue weighted by Gasteiger charge is -2.29. The average molecular weight is 258 g/mol. The maximum atomic E-state index is 11.8. The van der Waals surface area contributed by atoms with E-state index in [-0.39, 0.29) is 5.78 Å². The highest BCUT2D eigenvalue weighted by Crippen LogP contribution is 2.31. The van der Waals surface area contributed by atoms with Crippen LogP contribution in [-0.2, 0) is 0 Å². The van der Waals surface area contributed by atoms with Crippen molar-refractivity contribution in [3.8, 4) is 0 Å². The molecular formula is C10H12BrNO2. The van der Waals surface area contributed by atoms with Crippen LogP contribution in [0, 0.1) is 5.92 Å². The van der Waals surface area contributed by atoms with Gasteiger partial charge in [0.05, 0.1) is 16.8 Å². The number of hydrogen-bond acceptors (Lipinski definition) is 3. The molecule has 0 aliphatic heterocycles. The van der Waals surface area contributed by atoms with Crippen LogP contribution in [0.3, 0.4) is 0 Å². The summed E-state index contributed by atoms with van der Waals surface area (Å²) in [7, 11) is 0. The predicted octanol–water partition coefficient (Wildman–Crippen LogP) is 2.35. The Bertz CT molecular complexity index is 344. The first kappa shape index (κ1) is 9.93. The van der Waals surface area contributed by atoms with Crippen LogP contribution in [0.4, 0.5) is 0 Å². The number of rotatable bonds is 3. The largest absolute Gasteiger partial charge is 0.460 e. The Morgan fingerprint density at radius 1 is 1.64 bits per heavy atom. The molecule has 2 N–H and O–H groups in total. The fourth-order valence-corrected chi connectivity index (χ4v) is 2.03. The molecule has 1 aromatic rings. The molecule has 3 nitrogen and oxygen atoms in total. The van der Waals surface area contributed by atoms with E-state index in [1.807, 2.05) is 0 Å². The second-order valence-electron chi connectivity index (χ2n) is 3.68. The fourth-order valence-electron chi connectivity index (χ4n) is 1.63. The van der Waals surface area contributed by atoms with Gasteiger partial charge in [-0.15, -0.1) is 0 Å². The molecule has 0 saturated heterocycles. The molecule has 1 aromatic heterocycles. The smallest absolute Gasteiger partial charge is 0.216 e. The quantitative estimate of drug-likeness (QED) is 0.846. The summed E-state index contributed by atoms with van der Waals surface area (Å²) in [6.45, 7) is 0. The Morgan fingerprint density at radius 3 is 2.79 bits per heavy atom. The summed E-state index contributed by atoms with van der Waals surface area (Å²) in [5.41, 5.74) is 5.85. The molecule has 1 aliphatic rings. The number of nitrogens with two attached hydrogens (primary N) is 1. The van der Waals surface area contributed by atoms with Gasteiger partial charge in [0.1, 0.15) is 0 Å². The highest BCUT2D eigenvalue weighted by Gasteiger charge is 2.32. The van der Waals surface area contributed by atoms with Gasteiger partial charge in [-0.25, -0.2) is 0 Å². The number of Topliss-reactive ketones (excluding diaryl/α,β-unsaturated/α-hetero) is 1. The third-order valence-corrected chi connectivity index (χ3v) is 3.43. The zero-order valence-electron chi connectivity index (χ0n) is 7.70. The number of furan rings is 1. The third-order valence-electron chi connectivity index (χ3n) is 2.80. The van der Waals surface area contributed by atoms with E-state index in [2.05, 4.69) is 15.9 Å². The van der Waals surface area contributed by atoms with E-state index in [4.69, 9.17) is 10.2 Å². The van der Waals surface area contributed by atoms with Crippen molar-refractivity contribution >= 4 is 21.7 Å². The van der Waals surface area contributed by atoms with Crippen LogP contribution in [0.5, 0.6) is 0 Å². The van der Waals surface area contributed by atoms with Crippen LogP contribution in [-0.4, -0.2) is 11.8 Å². The number of halogens is 1. The zero-order valence-corrected chi connectivity index (χ0v) is 9.29. The van der Waals surface area contributed by atoms with Crippen molar-refractivity contribution in [2.75, 3.05) is 0 Å². The van der Waals surface area contributed by atoms with Gasteiger partial charge in [-0.2, -0.15) is 0 Å². The Hall–Kier alpha value is -0.610. The topological polar surface area (TPSA) is 56.2 Å². The molecule has 0 amide bonds. The molecule has 14 heavy (non-hydrogen) atoms. The van der Waals surface area contributed by atoms with Gasteiger partial charge in [0.2, 0.25) is 5.78 Å². The summed E-state index contributed by atoms with van der Waals surface area (Å²) in [5, 5.41) is 0. The SMILES string of the molecule is NC(C(=O)c1occc1Br)C1CCC1. The third kappa shape index (κ3) is 1.64. The first-order chi connectivity index (χ1) is 6.70. The van der Waals surface area contributed by atoms with Crippen LogP contribution in [0.15, 0.2) is 21.2 Å². The van der Waals surface area contributed by atoms with E-state index in [1.54, 1.807) is 6.07 Å². The van der Waals surface area contributed by atoms with Crippen LogP contribution in [0.2, 0.25) is 0 Å². The molecule has 1 saturated carbocycles. The van der Waals surface area contributed by atoms with Crippen LogP contribution < -0.4 is 5.73 Å². The zero-order chi connectivity index (χ0) is 10.1. The lowest BCUT2D eigenvalue weighted by atomic mass is 9.78. The van der Waals surface area contributed by atoms with Gasteiger partial charge in [-0.1, -0.05) is 6.42 Å². The Morgan fingerprint density at radius 2 is 2.36 bits per heavy atom. The minimum atomic E-state index is -0.397. The second kappa shape index (κ2) is 3.87. The van der Waals surface area contributed by atoms with Gasteiger partial charge in [-0.05, 0) is 40.8 Å². The lowest BCUT2D eigenvalue weighted by molar-refractivity contribution is 0.0868. The van der Waals surface area contributed by atoms with Crippen molar-refractivity contribution in [1.29, 1.82) is 0 Å². The van der Waals surface area contributed by atoms with Crippen molar-refractivity contribution in [2.24, 2.45) is 11.7 Å². The molecule has 1 unspecified atom stereocenters. The minimum absolute atomic E-state index is 0.0911. The van der Waals surface area contributed by atoms with Crippen LogP contribution in [0.25, 0.3) is 0 Å². The molecule has 0 bridgehead atoms. The van der Waals surface area contributed by atoms with E-state index < -0.39 is 6.04 Å². The van der Waals surface area contributed by atoms with Gasteiger partial charge in [0.25, 0.3) is 0 Å². The molecule has 2 rings (SSSR count). The van der Waals surface area contributed by atoms with Crippen molar-refractivity contribution < 1.29 is 9.21 Å². The maximum Gasteiger partial charge on any atom is 0.216 e. The minimum Gasteiger partial charge on any atom is -0.460 e. The van der Waals surface area contributed by atoms with Crippen LogP contribution in [0.1, 0.15) is 29.8 Å². The number of carbonyl (C=O) groups is 1. The molecule has 4 heteroatoms. The molecular weight excluding hydrogens is 246 g/mol. The normalized spacial score (nSPS) is 19.0. The summed E-state index contributed by atoms with van der Waals surface area (Å²) in [6.07, 6.45) is 4.80. The number of carbonyl (C=O) groups excluding carboxylic acids is 1. The van der Waals surface area contributed by atoms with Crippen LogP contribution >= 0.6 is 15.9 Å². The molecule has 1 heterocycles. The first-order valence-electron chi connectivity index (χ1n) is 4.73. The summed E-state index contributed by atoms with van der Waals surface area (Å²) >= 11 is 3.25. The van der Waals surface area contributed by atoms with Gasteiger partial charge < -0.3 is 10.2 Å².